The quantitative estimate of drug-likeness (QED) is 0.454. The zero-order chi connectivity index (χ0) is 23.1. The van der Waals surface area contributed by atoms with Gasteiger partial charge in [-0.3, -0.25) is 14.3 Å². The monoisotopic (exact) mass is 430 g/mol. The van der Waals surface area contributed by atoms with Gasteiger partial charge in [-0.15, -0.1) is 0 Å². The molecule has 1 unspecified atom stereocenters. The molecule has 0 aliphatic carbocycles. The number of primary amides is 1. The summed E-state index contributed by atoms with van der Waals surface area (Å²) in [5.41, 5.74) is 7.74. The van der Waals surface area contributed by atoms with Crippen molar-refractivity contribution in [1.82, 2.24) is 9.78 Å². The number of carbonyl (C=O) groups excluding carboxylic acids is 3. The van der Waals surface area contributed by atoms with Crippen molar-refractivity contribution in [3.63, 3.8) is 0 Å². The Bertz CT molecular complexity index is 1010. The van der Waals surface area contributed by atoms with Crippen LogP contribution in [0.25, 0.3) is 6.08 Å². The van der Waals surface area contributed by atoms with Crippen LogP contribution < -0.4 is 20.5 Å². The minimum Gasteiger partial charge on any atom is -0.493 e. The van der Waals surface area contributed by atoms with Crippen molar-refractivity contribution >= 4 is 29.5 Å². The van der Waals surface area contributed by atoms with Gasteiger partial charge in [-0.2, -0.15) is 5.10 Å². The van der Waals surface area contributed by atoms with Crippen LogP contribution in [0.15, 0.2) is 24.3 Å². The molecule has 166 valence electrons. The molecule has 2 rings (SSSR count). The smallest absolute Gasteiger partial charge is 0.331 e. The highest BCUT2D eigenvalue weighted by molar-refractivity contribution is 5.97. The van der Waals surface area contributed by atoms with E-state index in [0.717, 1.165) is 5.69 Å². The standard InChI is InChI=1S/C21H26N4O6/c1-12-20(13(2)25(4)24-12)23-21(28)14(3)31-19(27)9-7-15-6-8-16(17(10-15)29-5)30-11-18(22)26/h6-10,14H,11H2,1-5H3,(H2,22,26)(H,23,28)/b9-7+. The van der Waals surface area contributed by atoms with Crippen molar-refractivity contribution in [1.29, 1.82) is 0 Å². The molecule has 0 aliphatic heterocycles. The van der Waals surface area contributed by atoms with Gasteiger partial charge in [-0.25, -0.2) is 4.79 Å². The van der Waals surface area contributed by atoms with E-state index in [1.807, 2.05) is 6.92 Å². The average molecular weight is 430 g/mol. The van der Waals surface area contributed by atoms with Crippen molar-refractivity contribution in [3.8, 4) is 11.5 Å². The first-order chi connectivity index (χ1) is 14.6. The van der Waals surface area contributed by atoms with Crippen LogP contribution in [-0.2, 0) is 26.2 Å². The summed E-state index contributed by atoms with van der Waals surface area (Å²) in [7, 11) is 3.22. The van der Waals surface area contributed by atoms with E-state index >= 15 is 0 Å². The lowest BCUT2D eigenvalue weighted by atomic mass is 10.2. The number of nitrogens with one attached hydrogen (secondary N) is 1. The summed E-state index contributed by atoms with van der Waals surface area (Å²) in [4.78, 5) is 35.3. The van der Waals surface area contributed by atoms with Crippen LogP contribution in [0, 0.1) is 13.8 Å². The van der Waals surface area contributed by atoms with Crippen molar-refractivity contribution in [2.75, 3.05) is 19.0 Å². The van der Waals surface area contributed by atoms with E-state index in [0.29, 0.717) is 28.4 Å². The number of benzene rings is 1. The van der Waals surface area contributed by atoms with Crippen molar-refractivity contribution in [2.45, 2.75) is 26.9 Å². The van der Waals surface area contributed by atoms with Crippen LogP contribution in [0.5, 0.6) is 11.5 Å². The molecule has 0 saturated heterocycles. The van der Waals surface area contributed by atoms with E-state index in [1.165, 1.54) is 26.2 Å². The SMILES string of the molecule is COc1cc(/C=C/C(=O)OC(C)C(=O)Nc2c(C)nn(C)c2C)ccc1OCC(N)=O. The molecule has 2 aromatic rings. The zero-order valence-corrected chi connectivity index (χ0v) is 18.1. The second-order valence-corrected chi connectivity index (χ2v) is 6.74. The Labute approximate surface area is 180 Å². The fourth-order valence-electron chi connectivity index (χ4n) is 2.67. The van der Waals surface area contributed by atoms with Gasteiger partial charge in [0.1, 0.15) is 0 Å². The number of hydrogen-bond acceptors (Lipinski definition) is 7. The minimum absolute atomic E-state index is 0.282. The molecule has 0 aliphatic rings. The topological polar surface area (TPSA) is 135 Å². The van der Waals surface area contributed by atoms with Crippen LogP contribution >= 0.6 is 0 Å². The van der Waals surface area contributed by atoms with Crippen LogP contribution in [0.3, 0.4) is 0 Å². The molecule has 0 bridgehead atoms. The molecule has 10 heteroatoms. The maximum absolute atomic E-state index is 12.4. The minimum atomic E-state index is -1.00. The van der Waals surface area contributed by atoms with Crippen molar-refractivity contribution in [3.05, 3.63) is 41.2 Å². The third kappa shape index (κ3) is 6.33. The van der Waals surface area contributed by atoms with Gasteiger partial charge in [0.05, 0.1) is 24.2 Å². The van der Waals surface area contributed by atoms with E-state index in [9.17, 15) is 14.4 Å². The Morgan fingerprint density at radius 3 is 2.55 bits per heavy atom. The maximum atomic E-state index is 12.4. The number of nitrogens with two attached hydrogens (primary N) is 1. The van der Waals surface area contributed by atoms with E-state index in [4.69, 9.17) is 19.9 Å². The molecule has 0 fully saturated rings. The number of aromatic nitrogens is 2. The predicted molar refractivity (Wildman–Crippen MR) is 114 cm³/mol. The fourth-order valence-corrected chi connectivity index (χ4v) is 2.67. The third-order valence-corrected chi connectivity index (χ3v) is 4.39. The van der Waals surface area contributed by atoms with Gasteiger partial charge in [0.15, 0.2) is 24.2 Å². The van der Waals surface area contributed by atoms with E-state index in [-0.39, 0.29) is 6.61 Å². The number of carbonyl (C=O) groups is 3. The molecule has 0 saturated carbocycles. The number of methoxy groups -OCH3 is 1. The fraction of sp³-hybridized carbons (Fsp3) is 0.333. The summed E-state index contributed by atoms with van der Waals surface area (Å²) in [6.07, 6.45) is 1.70. The van der Waals surface area contributed by atoms with Crippen molar-refractivity contribution < 1.29 is 28.6 Å². The number of hydrogen-bond donors (Lipinski definition) is 2. The normalized spacial score (nSPS) is 11.8. The lowest BCUT2D eigenvalue weighted by molar-refractivity contribution is -0.148. The lowest BCUT2D eigenvalue weighted by Crippen LogP contribution is -2.29. The molecule has 10 nitrogen and oxygen atoms in total. The van der Waals surface area contributed by atoms with Crippen LogP contribution in [-0.4, -0.2) is 47.4 Å². The number of esters is 1. The van der Waals surface area contributed by atoms with Gasteiger partial charge in [-0.1, -0.05) is 6.07 Å². The molecule has 1 heterocycles. The molecule has 1 aromatic heterocycles. The molecule has 0 radical (unpaired) electrons. The average Bonchev–Trinajstić information content (AvgIpc) is 2.96. The third-order valence-electron chi connectivity index (χ3n) is 4.39. The molecule has 31 heavy (non-hydrogen) atoms. The molecule has 2 amide bonds. The van der Waals surface area contributed by atoms with Gasteiger partial charge in [-0.05, 0) is 44.5 Å². The first-order valence-electron chi connectivity index (χ1n) is 9.41. The highest BCUT2D eigenvalue weighted by Crippen LogP contribution is 2.28. The second kappa shape index (κ2) is 10.3. The summed E-state index contributed by atoms with van der Waals surface area (Å²) in [6, 6.07) is 4.86. The Kier molecular flexibility index (Phi) is 7.78. The van der Waals surface area contributed by atoms with Gasteiger partial charge in [0.2, 0.25) is 0 Å². The number of aryl methyl sites for hydroxylation is 2. The zero-order valence-electron chi connectivity index (χ0n) is 18.1. The highest BCUT2D eigenvalue weighted by Gasteiger charge is 2.20. The summed E-state index contributed by atoms with van der Waals surface area (Å²) in [6.45, 7) is 4.81. The highest BCUT2D eigenvalue weighted by atomic mass is 16.5. The van der Waals surface area contributed by atoms with Gasteiger partial charge >= 0.3 is 5.97 Å². The summed E-state index contributed by atoms with van der Waals surface area (Å²) >= 11 is 0. The Morgan fingerprint density at radius 2 is 1.97 bits per heavy atom. The molecule has 0 spiro atoms. The Hall–Kier alpha value is -3.82. The van der Waals surface area contributed by atoms with Crippen LogP contribution in [0.4, 0.5) is 5.69 Å². The lowest BCUT2D eigenvalue weighted by Gasteiger charge is -2.12. The molecular weight excluding hydrogens is 404 g/mol. The molecule has 1 atom stereocenters. The molecular formula is C21H26N4O6. The predicted octanol–water partition coefficient (Wildman–Crippen LogP) is 1.49. The van der Waals surface area contributed by atoms with E-state index < -0.39 is 23.9 Å². The largest absolute Gasteiger partial charge is 0.493 e. The number of ether oxygens (including phenoxy) is 3. The second-order valence-electron chi connectivity index (χ2n) is 6.74. The summed E-state index contributed by atoms with van der Waals surface area (Å²) in [5, 5.41) is 6.96. The number of anilines is 1. The summed E-state index contributed by atoms with van der Waals surface area (Å²) in [5.74, 6) is -1.05. The van der Waals surface area contributed by atoms with Gasteiger partial charge < -0.3 is 25.3 Å². The van der Waals surface area contributed by atoms with Gasteiger partial charge in [0.25, 0.3) is 11.8 Å². The summed E-state index contributed by atoms with van der Waals surface area (Å²) < 4.78 is 17.3. The molecule has 1 aromatic carbocycles. The van der Waals surface area contributed by atoms with Crippen LogP contribution in [0.1, 0.15) is 23.9 Å². The number of amides is 2. The Morgan fingerprint density at radius 1 is 1.26 bits per heavy atom. The van der Waals surface area contributed by atoms with Crippen molar-refractivity contribution in [2.24, 2.45) is 12.8 Å². The van der Waals surface area contributed by atoms with E-state index in [2.05, 4.69) is 10.4 Å². The van der Waals surface area contributed by atoms with Gasteiger partial charge in [0, 0.05) is 13.1 Å². The Balaban J connectivity index is 1.98. The van der Waals surface area contributed by atoms with E-state index in [1.54, 1.807) is 36.9 Å². The maximum Gasteiger partial charge on any atom is 0.331 e. The first-order valence-corrected chi connectivity index (χ1v) is 9.41. The molecule has 3 N–H and O–H groups in total. The first kappa shape index (κ1) is 23.5. The number of nitrogens with zero attached hydrogens (tertiary/aromatic N) is 2. The van der Waals surface area contributed by atoms with Crippen LogP contribution in [0.2, 0.25) is 0 Å². The number of rotatable bonds is 9.